The smallest absolute Gasteiger partial charge is 0.410 e. The van der Waals surface area contributed by atoms with Gasteiger partial charge in [-0.2, -0.15) is 0 Å². The highest BCUT2D eigenvalue weighted by Crippen LogP contribution is 2.09. The summed E-state index contributed by atoms with van der Waals surface area (Å²) >= 11 is 0. The van der Waals surface area contributed by atoms with E-state index in [1.165, 1.54) is 19.3 Å². The van der Waals surface area contributed by atoms with Crippen molar-refractivity contribution in [2.75, 3.05) is 26.8 Å². The van der Waals surface area contributed by atoms with E-state index >= 15 is 0 Å². The van der Waals surface area contributed by atoms with E-state index in [4.69, 9.17) is 9.47 Å². The third kappa shape index (κ3) is 4.51. The molecule has 0 N–H and O–H groups in total. The van der Waals surface area contributed by atoms with Gasteiger partial charge < -0.3 is 14.4 Å². The van der Waals surface area contributed by atoms with Gasteiger partial charge in [-0.15, -0.1) is 0 Å². The number of amides is 1. The number of nitrogens with zero attached hydrogens (tertiary/aromatic N) is 1. The molecule has 0 radical (unpaired) electrons. The van der Waals surface area contributed by atoms with E-state index < -0.39 is 0 Å². The van der Waals surface area contributed by atoms with Gasteiger partial charge in [-0.1, -0.05) is 26.2 Å². The fourth-order valence-corrected chi connectivity index (χ4v) is 1.58. The molecule has 1 aliphatic rings. The molecule has 88 valence electrons. The molecular formula is C11H21NO3. The third-order valence-corrected chi connectivity index (χ3v) is 2.50. The molecule has 0 saturated carbocycles. The highest BCUT2D eigenvalue weighted by molar-refractivity contribution is 5.69. The second-order valence-corrected chi connectivity index (χ2v) is 4.02. The average molecular weight is 215 g/mol. The summed E-state index contributed by atoms with van der Waals surface area (Å²) in [6.45, 7) is 4.14. The van der Waals surface area contributed by atoms with E-state index in [0.717, 1.165) is 13.0 Å². The Morgan fingerprint density at radius 3 is 2.87 bits per heavy atom. The Balaban J connectivity index is 1.95. The lowest BCUT2D eigenvalue weighted by molar-refractivity contribution is 0.0444. The Morgan fingerprint density at radius 2 is 2.27 bits per heavy atom. The van der Waals surface area contributed by atoms with Crippen molar-refractivity contribution in [1.29, 1.82) is 0 Å². The van der Waals surface area contributed by atoms with Crippen molar-refractivity contribution in [2.45, 2.75) is 38.7 Å². The monoisotopic (exact) mass is 215 g/mol. The second-order valence-electron chi connectivity index (χ2n) is 4.02. The van der Waals surface area contributed by atoms with Crippen molar-refractivity contribution < 1.29 is 14.3 Å². The molecule has 1 atom stereocenters. The maximum absolute atomic E-state index is 11.0. The lowest BCUT2D eigenvalue weighted by Crippen LogP contribution is -2.22. The predicted molar refractivity (Wildman–Crippen MR) is 57.9 cm³/mol. The Labute approximate surface area is 91.5 Å². The van der Waals surface area contributed by atoms with Crippen LogP contribution in [0.2, 0.25) is 0 Å². The first-order valence-electron chi connectivity index (χ1n) is 5.73. The number of ether oxygens (including phenoxy) is 2. The van der Waals surface area contributed by atoms with Gasteiger partial charge in [-0.25, -0.2) is 4.79 Å². The minimum atomic E-state index is -0.241. The summed E-state index contributed by atoms with van der Waals surface area (Å²) in [4.78, 5) is 12.6. The fourth-order valence-electron chi connectivity index (χ4n) is 1.58. The summed E-state index contributed by atoms with van der Waals surface area (Å²) in [6, 6.07) is 0. The lowest BCUT2D eigenvalue weighted by Gasteiger charge is -2.08. The first kappa shape index (κ1) is 12.3. The number of rotatable bonds is 7. The Morgan fingerprint density at radius 1 is 1.47 bits per heavy atom. The molecule has 0 spiro atoms. The number of hydrogen-bond acceptors (Lipinski definition) is 3. The molecule has 4 heteroatoms. The van der Waals surface area contributed by atoms with Crippen LogP contribution in [-0.2, 0) is 9.47 Å². The maximum atomic E-state index is 11.0. The van der Waals surface area contributed by atoms with Gasteiger partial charge in [0.2, 0.25) is 0 Å². The fraction of sp³-hybridized carbons (Fsp3) is 0.909. The zero-order chi connectivity index (χ0) is 11.1. The van der Waals surface area contributed by atoms with Gasteiger partial charge in [0.25, 0.3) is 0 Å². The highest BCUT2D eigenvalue weighted by atomic mass is 16.6. The van der Waals surface area contributed by atoms with Crippen LogP contribution >= 0.6 is 0 Å². The van der Waals surface area contributed by atoms with Crippen LogP contribution in [0.1, 0.15) is 32.6 Å². The Bertz CT molecular complexity index is 196. The van der Waals surface area contributed by atoms with E-state index in [-0.39, 0.29) is 12.2 Å². The summed E-state index contributed by atoms with van der Waals surface area (Å²) in [5.41, 5.74) is 0. The maximum Gasteiger partial charge on any atom is 0.410 e. The van der Waals surface area contributed by atoms with Crippen LogP contribution in [0.15, 0.2) is 0 Å². The number of likely N-dealkylation sites (N-methyl/N-ethyl adjacent to an activating group) is 1. The van der Waals surface area contributed by atoms with E-state index in [1.807, 2.05) is 0 Å². The minimum Gasteiger partial charge on any atom is -0.442 e. The highest BCUT2D eigenvalue weighted by Gasteiger charge is 2.27. The van der Waals surface area contributed by atoms with Gasteiger partial charge in [0.15, 0.2) is 0 Å². The summed E-state index contributed by atoms with van der Waals surface area (Å²) in [5, 5.41) is 0. The molecular weight excluding hydrogens is 194 g/mol. The molecule has 1 amide bonds. The second kappa shape index (κ2) is 6.67. The molecule has 1 rings (SSSR count). The Hall–Kier alpha value is -0.770. The van der Waals surface area contributed by atoms with E-state index in [0.29, 0.717) is 13.2 Å². The minimum absolute atomic E-state index is 0.0753. The van der Waals surface area contributed by atoms with Crippen molar-refractivity contribution >= 4 is 6.09 Å². The molecule has 0 aromatic rings. The van der Waals surface area contributed by atoms with Crippen LogP contribution in [0.3, 0.4) is 0 Å². The average Bonchev–Trinajstić information content (AvgIpc) is 2.52. The van der Waals surface area contributed by atoms with Crippen LogP contribution in [0.25, 0.3) is 0 Å². The van der Waals surface area contributed by atoms with Gasteiger partial charge in [0.1, 0.15) is 6.10 Å². The largest absolute Gasteiger partial charge is 0.442 e. The number of hydrogen-bond donors (Lipinski definition) is 0. The molecule has 1 unspecified atom stereocenters. The van der Waals surface area contributed by atoms with Gasteiger partial charge in [-0.05, 0) is 6.42 Å². The number of cyclic esters (lactones) is 1. The molecule has 15 heavy (non-hydrogen) atoms. The van der Waals surface area contributed by atoms with Crippen molar-refractivity contribution in [1.82, 2.24) is 4.90 Å². The molecule has 1 fully saturated rings. The van der Waals surface area contributed by atoms with E-state index in [9.17, 15) is 4.79 Å². The summed E-state index contributed by atoms with van der Waals surface area (Å²) in [7, 11) is 1.74. The van der Waals surface area contributed by atoms with Crippen molar-refractivity contribution in [3.05, 3.63) is 0 Å². The van der Waals surface area contributed by atoms with Crippen LogP contribution in [0.4, 0.5) is 4.79 Å². The van der Waals surface area contributed by atoms with Crippen LogP contribution in [-0.4, -0.2) is 43.9 Å². The topological polar surface area (TPSA) is 38.8 Å². The van der Waals surface area contributed by atoms with Crippen LogP contribution in [0.5, 0.6) is 0 Å². The summed E-state index contributed by atoms with van der Waals surface area (Å²) < 4.78 is 10.5. The number of carbonyl (C=O) groups is 1. The van der Waals surface area contributed by atoms with E-state index in [1.54, 1.807) is 11.9 Å². The first-order valence-corrected chi connectivity index (χ1v) is 5.73. The quantitative estimate of drug-likeness (QED) is 0.610. The normalized spacial score (nSPS) is 20.8. The van der Waals surface area contributed by atoms with Gasteiger partial charge in [-0.3, -0.25) is 0 Å². The van der Waals surface area contributed by atoms with Crippen molar-refractivity contribution in [3.63, 3.8) is 0 Å². The molecule has 1 heterocycles. The Kier molecular flexibility index (Phi) is 5.47. The molecule has 0 aromatic carbocycles. The number of unbranched alkanes of at least 4 members (excludes halogenated alkanes) is 3. The molecule has 0 bridgehead atoms. The van der Waals surface area contributed by atoms with Crippen molar-refractivity contribution in [3.8, 4) is 0 Å². The zero-order valence-electron chi connectivity index (χ0n) is 9.70. The molecule has 1 aliphatic heterocycles. The SMILES string of the molecule is CCCCCCOCC1CN(C)C(=O)O1. The third-order valence-electron chi connectivity index (χ3n) is 2.50. The summed E-state index contributed by atoms with van der Waals surface area (Å²) in [5.74, 6) is 0. The lowest BCUT2D eigenvalue weighted by atomic mass is 10.2. The standard InChI is InChI=1S/C11H21NO3/c1-3-4-5-6-7-14-9-10-8-12(2)11(13)15-10/h10H,3-9H2,1-2H3. The van der Waals surface area contributed by atoms with E-state index in [2.05, 4.69) is 6.92 Å². The van der Waals surface area contributed by atoms with Crippen LogP contribution in [0, 0.1) is 0 Å². The number of carbonyl (C=O) groups excluding carboxylic acids is 1. The zero-order valence-corrected chi connectivity index (χ0v) is 9.70. The molecule has 1 saturated heterocycles. The van der Waals surface area contributed by atoms with Gasteiger partial charge in [0, 0.05) is 13.7 Å². The molecule has 0 aromatic heterocycles. The summed E-state index contributed by atoms with van der Waals surface area (Å²) in [6.07, 6.45) is 4.52. The first-order chi connectivity index (χ1) is 7.24. The van der Waals surface area contributed by atoms with Gasteiger partial charge in [0.05, 0.1) is 13.2 Å². The van der Waals surface area contributed by atoms with Crippen molar-refractivity contribution in [2.24, 2.45) is 0 Å². The van der Waals surface area contributed by atoms with Gasteiger partial charge >= 0.3 is 6.09 Å². The molecule has 4 nitrogen and oxygen atoms in total. The predicted octanol–water partition coefficient (Wildman–Crippen LogP) is 2.03. The molecule has 0 aliphatic carbocycles. The van der Waals surface area contributed by atoms with Crippen LogP contribution < -0.4 is 0 Å².